The molecule has 0 atom stereocenters. The first-order chi connectivity index (χ1) is 17.5. The van der Waals surface area contributed by atoms with Crippen LogP contribution < -0.4 is 10.5 Å². The number of aromatic nitrogens is 4. The first-order valence-electron chi connectivity index (χ1n) is 12.1. The Bertz CT molecular complexity index is 1440. The molecule has 3 heterocycles. The minimum absolute atomic E-state index is 0.0129. The summed E-state index contributed by atoms with van der Waals surface area (Å²) < 4.78 is 7.74. The van der Waals surface area contributed by atoms with E-state index in [0.29, 0.717) is 17.5 Å². The average molecular weight is 482 g/mol. The zero-order valence-corrected chi connectivity index (χ0v) is 21.0. The second kappa shape index (κ2) is 11.0. The monoisotopic (exact) mass is 481 g/mol. The van der Waals surface area contributed by atoms with Crippen LogP contribution in [0.2, 0.25) is 0 Å². The summed E-state index contributed by atoms with van der Waals surface area (Å²) in [5.74, 6) is 1.72. The fourth-order valence-electron chi connectivity index (χ4n) is 3.92. The topological polar surface area (TPSA) is 99.1 Å². The van der Waals surface area contributed by atoms with E-state index in [1.54, 1.807) is 6.20 Å². The lowest BCUT2D eigenvalue weighted by Gasteiger charge is -2.12. The summed E-state index contributed by atoms with van der Waals surface area (Å²) in [7, 11) is 0. The van der Waals surface area contributed by atoms with E-state index >= 15 is 0 Å². The van der Waals surface area contributed by atoms with Crippen LogP contribution in [0.5, 0.6) is 5.88 Å². The van der Waals surface area contributed by atoms with Crippen LogP contribution in [0.3, 0.4) is 0 Å². The van der Waals surface area contributed by atoms with Crippen molar-refractivity contribution in [1.82, 2.24) is 19.5 Å². The van der Waals surface area contributed by atoms with Crippen LogP contribution in [0.4, 0.5) is 5.82 Å². The fraction of sp³-hybridized carbons (Fsp3) is 0.207. The fourth-order valence-corrected chi connectivity index (χ4v) is 3.92. The van der Waals surface area contributed by atoms with Gasteiger partial charge in [-0.3, -0.25) is 4.57 Å². The number of imidazole rings is 1. The Kier molecular flexibility index (Phi) is 7.61. The van der Waals surface area contributed by atoms with Gasteiger partial charge in [0.15, 0.2) is 0 Å². The third-order valence-electron chi connectivity index (χ3n) is 5.54. The van der Waals surface area contributed by atoms with E-state index in [0.717, 1.165) is 39.0 Å². The number of fused-ring (bicyclic) bond motifs is 1. The first-order valence-corrected chi connectivity index (χ1v) is 12.1. The van der Waals surface area contributed by atoms with Gasteiger partial charge in [-0.25, -0.2) is 15.0 Å². The number of aliphatic hydroxyl groups is 1. The SMILES string of the molecule is CC.CC(C)Oc1ccc(-c2ccc3nc(-c4cccnc4N)n(-c4ccc(CO)cc4)c3c2)cn1. The lowest BCUT2D eigenvalue weighted by atomic mass is 10.1. The molecule has 2 aromatic carbocycles. The first kappa shape index (κ1) is 24.9. The van der Waals surface area contributed by atoms with Gasteiger partial charge in [-0.1, -0.05) is 32.0 Å². The molecule has 0 unspecified atom stereocenters. The van der Waals surface area contributed by atoms with Crippen LogP contribution >= 0.6 is 0 Å². The molecule has 0 aliphatic heterocycles. The third-order valence-corrected chi connectivity index (χ3v) is 5.54. The Morgan fingerprint density at radius 3 is 2.33 bits per heavy atom. The number of nitrogen functional groups attached to an aromatic ring is 1. The second-order valence-corrected chi connectivity index (χ2v) is 8.29. The van der Waals surface area contributed by atoms with E-state index in [2.05, 4.69) is 20.6 Å². The normalized spacial score (nSPS) is 10.8. The number of hydrogen-bond acceptors (Lipinski definition) is 6. The largest absolute Gasteiger partial charge is 0.475 e. The molecule has 0 saturated carbocycles. The van der Waals surface area contributed by atoms with Gasteiger partial charge in [0.2, 0.25) is 5.88 Å². The molecule has 0 spiro atoms. The van der Waals surface area contributed by atoms with Gasteiger partial charge in [0.25, 0.3) is 0 Å². The van der Waals surface area contributed by atoms with Crippen molar-refractivity contribution in [2.45, 2.75) is 40.4 Å². The predicted octanol–water partition coefficient (Wildman–Crippen LogP) is 6.04. The van der Waals surface area contributed by atoms with Crippen molar-refractivity contribution in [3.63, 3.8) is 0 Å². The summed E-state index contributed by atoms with van der Waals surface area (Å²) in [6.07, 6.45) is 3.55. The second-order valence-electron chi connectivity index (χ2n) is 8.29. The van der Waals surface area contributed by atoms with Crippen molar-refractivity contribution >= 4 is 16.9 Å². The van der Waals surface area contributed by atoms with Gasteiger partial charge in [0.05, 0.1) is 29.3 Å². The maximum atomic E-state index is 9.47. The minimum Gasteiger partial charge on any atom is -0.475 e. The zero-order valence-electron chi connectivity index (χ0n) is 21.0. The highest BCUT2D eigenvalue weighted by Gasteiger charge is 2.17. The molecular weight excluding hydrogens is 450 g/mol. The van der Waals surface area contributed by atoms with E-state index < -0.39 is 0 Å². The molecular formula is C29H31N5O2. The van der Waals surface area contributed by atoms with Gasteiger partial charge in [0.1, 0.15) is 11.6 Å². The number of rotatable bonds is 6. The Balaban J connectivity index is 0.00000148. The Labute approximate surface area is 211 Å². The molecule has 3 aromatic heterocycles. The van der Waals surface area contributed by atoms with E-state index in [1.807, 2.05) is 94.6 Å². The Morgan fingerprint density at radius 2 is 1.69 bits per heavy atom. The Morgan fingerprint density at radius 1 is 0.944 bits per heavy atom. The molecule has 5 rings (SSSR count). The molecule has 0 fully saturated rings. The molecule has 0 saturated heterocycles. The minimum atomic E-state index is -0.0129. The summed E-state index contributed by atoms with van der Waals surface area (Å²) in [5, 5.41) is 9.47. The average Bonchev–Trinajstić information content (AvgIpc) is 3.29. The zero-order chi connectivity index (χ0) is 25.7. The van der Waals surface area contributed by atoms with Crippen LogP contribution in [0.1, 0.15) is 33.3 Å². The highest BCUT2D eigenvalue weighted by molar-refractivity contribution is 5.88. The highest BCUT2D eigenvalue weighted by atomic mass is 16.5. The quantitative estimate of drug-likeness (QED) is 0.307. The number of anilines is 1. The van der Waals surface area contributed by atoms with Crippen molar-refractivity contribution in [2.75, 3.05) is 5.73 Å². The molecule has 5 aromatic rings. The van der Waals surface area contributed by atoms with Crippen molar-refractivity contribution in [1.29, 1.82) is 0 Å². The van der Waals surface area contributed by atoms with Crippen LogP contribution in [-0.2, 0) is 6.61 Å². The van der Waals surface area contributed by atoms with Gasteiger partial charge in [0, 0.05) is 29.7 Å². The molecule has 36 heavy (non-hydrogen) atoms. The summed E-state index contributed by atoms with van der Waals surface area (Å²) in [6, 6.07) is 21.5. The molecule has 0 radical (unpaired) electrons. The lowest BCUT2D eigenvalue weighted by molar-refractivity contribution is 0.232. The highest BCUT2D eigenvalue weighted by Crippen LogP contribution is 2.33. The predicted molar refractivity (Wildman–Crippen MR) is 145 cm³/mol. The van der Waals surface area contributed by atoms with Crippen molar-refractivity contribution in [3.05, 3.63) is 84.7 Å². The molecule has 184 valence electrons. The van der Waals surface area contributed by atoms with E-state index in [4.69, 9.17) is 15.5 Å². The van der Waals surface area contributed by atoms with Crippen molar-refractivity contribution < 1.29 is 9.84 Å². The molecule has 7 nitrogen and oxygen atoms in total. The van der Waals surface area contributed by atoms with E-state index in [-0.39, 0.29) is 12.7 Å². The van der Waals surface area contributed by atoms with Gasteiger partial charge in [-0.2, -0.15) is 0 Å². The molecule has 0 bridgehead atoms. The summed E-state index contributed by atoms with van der Waals surface area (Å²) in [5.41, 5.74) is 12.5. The van der Waals surface area contributed by atoms with Crippen LogP contribution in [0.25, 0.3) is 39.2 Å². The number of benzene rings is 2. The number of aliphatic hydroxyl groups excluding tert-OH is 1. The van der Waals surface area contributed by atoms with Gasteiger partial charge >= 0.3 is 0 Å². The van der Waals surface area contributed by atoms with Crippen molar-refractivity contribution in [2.24, 2.45) is 0 Å². The number of ether oxygens (including phenoxy) is 1. The summed E-state index contributed by atoms with van der Waals surface area (Å²) in [4.78, 5) is 13.6. The van der Waals surface area contributed by atoms with Gasteiger partial charge < -0.3 is 15.6 Å². The van der Waals surface area contributed by atoms with Crippen LogP contribution in [-0.4, -0.2) is 30.7 Å². The van der Waals surface area contributed by atoms with Crippen LogP contribution in [0.15, 0.2) is 79.1 Å². The molecule has 0 amide bonds. The molecule has 7 heteroatoms. The van der Waals surface area contributed by atoms with Gasteiger partial charge in [-0.15, -0.1) is 0 Å². The maximum absolute atomic E-state index is 9.47. The molecule has 0 aliphatic rings. The van der Waals surface area contributed by atoms with E-state index in [1.165, 1.54) is 0 Å². The molecule has 0 aliphatic carbocycles. The molecule has 3 N–H and O–H groups in total. The number of nitrogens with zero attached hydrogens (tertiary/aromatic N) is 4. The number of pyridine rings is 2. The standard InChI is InChI=1S/C27H25N5O2.C2H6/c1-17(2)34-25-12-8-20(15-30-25)19-7-11-23-24(14-19)32(21-9-5-18(16-33)6-10-21)27(31-23)22-4-3-13-29-26(22)28;1-2/h3-15,17,33H,16H2,1-2H3,(H2,28,29);1-2H3. The smallest absolute Gasteiger partial charge is 0.213 e. The Hall–Kier alpha value is -4.23. The summed E-state index contributed by atoms with van der Waals surface area (Å²) in [6.45, 7) is 7.94. The van der Waals surface area contributed by atoms with Crippen LogP contribution in [0, 0.1) is 0 Å². The number of nitrogens with two attached hydrogens (primary N) is 1. The van der Waals surface area contributed by atoms with Crippen molar-refractivity contribution in [3.8, 4) is 34.1 Å². The van der Waals surface area contributed by atoms with Gasteiger partial charge in [-0.05, 0) is 67.4 Å². The third kappa shape index (κ3) is 5.06. The number of hydrogen-bond donors (Lipinski definition) is 2. The maximum Gasteiger partial charge on any atom is 0.213 e. The lowest BCUT2D eigenvalue weighted by Crippen LogP contribution is -2.06. The summed E-state index contributed by atoms with van der Waals surface area (Å²) >= 11 is 0. The van der Waals surface area contributed by atoms with E-state index in [9.17, 15) is 5.11 Å².